The number of hydrogen-bond acceptors (Lipinski definition) is 2. The first-order valence-electron chi connectivity index (χ1n) is 7.01. The molecule has 1 N–H and O–H groups in total. The molecule has 0 aliphatic carbocycles. The topological polar surface area (TPSA) is 49.4 Å². The highest BCUT2D eigenvalue weighted by molar-refractivity contribution is 9.11. The lowest BCUT2D eigenvalue weighted by Crippen LogP contribution is -2.56. The van der Waals surface area contributed by atoms with Crippen molar-refractivity contribution in [1.29, 1.82) is 0 Å². The molecule has 0 radical (unpaired) electrons. The van der Waals surface area contributed by atoms with E-state index in [2.05, 4.69) is 37.2 Å². The van der Waals surface area contributed by atoms with E-state index in [9.17, 15) is 9.59 Å². The summed E-state index contributed by atoms with van der Waals surface area (Å²) in [5.74, 6) is -0.107. The molecule has 4 nitrogen and oxygen atoms in total. The number of amides is 2. The average Bonchev–Trinajstić information content (AvgIpc) is 2.58. The number of carbonyl (C=O) groups excluding carboxylic acids is 2. The van der Waals surface area contributed by atoms with Crippen LogP contribution < -0.4 is 10.2 Å². The van der Waals surface area contributed by atoms with Crippen LogP contribution in [0.15, 0.2) is 27.1 Å². The first-order valence-corrected chi connectivity index (χ1v) is 8.60. The Labute approximate surface area is 141 Å². The van der Waals surface area contributed by atoms with Gasteiger partial charge in [-0.05, 0) is 47.0 Å². The van der Waals surface area contributed by atoms with Gasteiger partial charge in [-0.1, -0.05) is 29.8 Å². The molecule has 1 heterocycles. The lowest BCUT2D eigenvalue weighted by Gasteiger charge is -2.34. The molecule has 1 fully saturated rings. The van der Waals surface area contributed by atoms with Gasteiger partial charge in [-0.2, -0.15) is 0 Å². The van der Waals surface area contributed by atoms with Crippen LogP contribution in [-0.4, -0.2) is 23.9 Å². The van der Waals surface area contributed by atoms with E-state index in [0.717, 1.165) is 14.6 Å². The Balaban J connectivity index is 2.47. The third-order valence-electron chi connectivity index (χ3n) is 4.00. The van der Waals surface area contributed by atoms with Crippen molar-refractivity contribution >= 4 is 49.4 Å². The van der Waals surface area contributed by atoms with Gasteiger partial charge in [0.05, 0.1) is 5.69 Å². The minimum atomic E-state index is -0.805. The Morgan fingerprint density at radius 1 is 1.24 bits per heavy atom. The lowest BCUT2D eigenvalue weighted by molar-refractivity contribution is -0.130. The van der Waals surface area contributed by atoms with Crippen LogP contribution >= 0.6 is 31.9 Å². The van der Waals surface area contributed by atoms with Gasteiger partial charge in [-0.15, -0.1) is 0 Å². The van der Waals surface area contributed by atoms with Crippen LogP contribution in [-0.2, 0) is 9.59 Å². The van der Waals surface area contributed by atoms with E-state index in [-0.39, 0.29) is 11.8 Å². The van der Waals surface area contributed by atoms with Crippen LogP contribution in [0.3, 0.4) is 0 Å². The number of hydrogen-bond donors (Lipinski definition) is 1. The molecule has 2 rings (SSSR count). The summed E-state index contributed by atoms with van der Waals surface area (Å²) in [5, 5.41) is 2.92. The molecule has 0 unspecified atom stereocenters. The molecular weight excluding hydrogens is 400 g/mol. The molecule has 0 spiro atoms. The van der Waals surface area contributed by atoms with E-state index in [4.69, 9.17) is 0 Å². The summed E-state index contributed by atoms with van der Waals surface area (Å²) < 4.78 is 1.77. The number of nitrogens with one attached hydrogen (secondary N) is 1. The summed E-state index contributed by atoms with van der Waals surface area (Å²) in [6, 6.07) is 5.69. The second kappa shape index (κ2) is 6.48. The monoisotopic (exact) mass is 416 g/mol. The molecule has 1 aliphatic rings. The van der Waals surface area contributed by atoms with Gasteiger partial charge in [0.2, 0.25) is 5.91 Å². The zero-order chi connectivity index (χ0) is 15.6. The predicted molar refractivity (Wildman–Crippen MR) is 90.3 cm³/mol. The third-order valence-corrected chi connectivity index (χ3v) is 5.13. The number of nitrogens with zero attached hydrogens (tertiary/aromatic N) is 1. The highest BCUT2D eigenvalue weighted by atomic mass is 79.9. The van der Waals surface area contributed by atoms with Gasteiger partial charge in [-0.25, -0.2) is 0 Å². The second-order valence-electron chi connectivity index (χ2n) is 5.14. The van der Waals surface area contributed by atoms with E-state index in [1.807, 2.05) is 32.0 Å². The zero-order valence-corrected chi connectivity index (χ0v) is 15.3. The van der Waals surface area contributed by atoms with Crippen molar-refractivity contribution in [3.05, 3.63) is 27.1 Å². The normalized spacial score (nSPS) is 18.4. The highest BCUT2D eigenvalue weighted by Crippen LogP contribution is 2.33. The standard InChI is InChI=1S/C15H18Br2N2O2/c1-3-15(4-2)14(21)19(8-7-13(20)18-15)12-6-5-10(16)9-11(12)17/h5-6,9H,3-4,7-8H2,1-2H3,(H,18,20). The molecule has 0 atom stereocenters. The molecule has 1 aromatic rings. The van der Waals surface area contributed by atoms with Crippen molar-refractivity contribution in [3.63, 3.8) is 0 Å². The molecular formula is C15H18Br2N2O2. The Bertz CT molecular complexity index is 571. The van der Waals surface area contributed by atoms with Gasteiger partial charge in [0.15, 0.2) is 0 Å². The molecule has 0 aromatic heterocycles. The van der Waals surface area contributed by atoms with Crippen molar-refractivity contribution in [2.75, 3.05) is 11.4 Å². The Hall–Kier alpha value is -0.880. The quantitative estimate of drug-likeness (QED) is 0.816. The van der Waals surface area contributed by atoms with E-state index in [1.165, 1.54) is 0 Å². The summed E-state index contributed by atoms with van der Waals surface area (Å²) in [4.78, 5) is 26.7. The van der Waals surface area contributed by atoms with E-state index < -0.39 is 5.54 Å². The van der Waals surface area contributed by atoms with Crippen LogP contribution in [0.4, 0.5) is 5.69 Å². The van der Waals surface area contributed by atoms with Crippen LogP contribution in [0.2, 0.25) is 0 Å². The van der Waals surface area contributed by atoms with Gasteiger partial charge >= 0.3 is 0 Å². The minimum Gasteiger partial charge on any atom is -0.342 e. The van der Waals surface area contributed by atoms with Gasteiger partial charge in [0.1, 0.15) is 5.54 Å². The van der Waals surface area contributed by atoms with Gasteiger partial charge in [0.25, 0.3) is 5.91 Å². The molecule has 1 aliphatic heterocycles. The Morgan fingerprint density at radius 3 is 2.48 bits per heavy atom. The maximum absolute atomic E-state index is 13.0. The number of carbonyl (C=O) groups is 2. The zero-order valence-electron chi connectivity index (χ0n) is 12.1. The molecule has 2 amide bonds. The lowest BCUT2D eigenvalue weighted by atomic mass is 9.91. The van der Waals surface area contributed by atoms with Crippen molar-refractivity contribution in [2.45, 2.75) is 38.6 Å². The molecule has 0 saturated carbocycles. The number of halogens is 2. The van der Waals surface area contributed by atoms with Crippen molar-refractivity contribution < 1.29 is 9.59 Å². The molecule has 21 heavy (non-hydrogen) atoms. The maximum Gasteiger partial charge on any atom is 0.252 e. The number of benzene rings is 1. The largest absolute Gasteiger partial charge is 0.342 e. The number of anilines is 1. The predicted octanol–water partition coefficient (Wildman–Crippen LogP) is 3.62. The van der Waals surface area contributed by atoms with Crippen LogP contribution in [0.1, 0.15) is 33.1 Å². The van der Waals surface area contributed by atoms with Crippen molar-refractivity contribution in [1.82, 2.24) is 5.32 Å². The van der Waals surface area contributed by atoms with Crippen LogP contribution in [0.25, 0.3) is 0 Å². The van der Waals surface area contributed by atoms with Gasteiger partial charge in [0, 0.05) is 21.9 Å². The fraction of sp³-hybridized carbons (Fsp3) is 0.467. The third kappa shape index (κ3) is 3.16. The first-order chi connectivity index (χ1) is 9.93. The summed E-state index contributed by atoms with van der Waals surface area (Å²) >= 11 is 6.91. The summed E-state index contributed by atoms with van der Waals surface area (Å²) in [6.45, 7) is 4.26. The highest BCUT2D eigenvalue weighted by Gasteiger charge is 2.42. The minimum absolute atomic E-state index is 0.0404. The maximum atomic E-state index is 13.0. The van der Waals surface area contributed by atoms with Crippen molar-refractivity contribution in [2.24, 2.45) is 0 Å². The smallest absolute Gasteiger partial charge is 0.252 e. The molecule has 114 valence electrons. The molecule has 0 bridgehead atoms. The fourth-order valence-electron chi connectivity index (χ4n) is 2.62. The van der Waals surface area contributed by atoms with E-state index >= 15 is 0 Å². The fourth-order valence-corrected chi connectivity index (χ4v) is 3.88. The molecule has 1 saturated heterocycles. The first kappa shape index (κ1) is 16.5. The second-order valence-corrected chi connectivity index (χ2v) is 6.91. The van der Waals surface area contributed by atoms with Gasteiger partial charge in [-0.3, -0.25) is 9.59 Å². The van der Waals surface area contributed by atoms with Crippen LogP contribution in [0, 0.1) is 0 Å². The van der Waals surface area contributed by atoms with E-state index in [1.54, 1.807) is 4.90 Å². The molecule has 6 heteroatoms. The summed E-state index contributed by atoms with van der Waals surface area (Å²) in [7, 11) is 0. The average molecular weight is 418 g/mol. The Morgan fingerprint density at radius 2 is 1.90 bits per heavy atom. The summed E-state index contributed by atoms with van der Waals surface area (Å²) in [6.07, 6.45) is 1.48. The van der Waals surface area contributed by atoms with Crippen LogP contribution in [0.5, 0.6) is 0 Å². The Kier molecular flexibility index (Phi) is 5.09. The van der Waals surface area contributed by atoms with E-state index in [0.29, 0.717) is 25.8 Å². The molecule has 1 aromatic carbocycles. The van der Waals surface area contributed by atoms with Gasteiger partial charge < -0.3 is 10.2 Å². The summed E-state index contributed by atoms with van der Waals surface area (Å²) in [5.41, 5.74) is -0.00826. The SMILES string of the molecule is CCC1(CC)NC(=O)CCN(c2ccc(Br)cc2Br)C1=O. The number of rotatable bonds is 3. The van der Waals surface area contributed by atoms with Crippen molar-refractivity contribution in [3.8, 4) is 0 Å².